The van der Waals surface area contributed by atoms with Gasteiger partial charge in [-0.15, -0.1) is 10.2 Å². The molecule has 6 heteroatoms. The van der Waals surface area contributed by atoms with Crippen LogP contribution in [0.4, 0.5) is 10.8 Å². The van der Waals surface area contributed by atoms with Crippen LogP contribution in [0.2, 0.25) is 0 Å². The molecule has 2 aromatic heterocycles. The van der Waals surface area contributed by atoms with E-state index in [1.54, 1.807) is 0 Å². The summed E-state index contributed by atoms with van der Waals surface area (Å²) in [6.07, 6.45) is 0. The molecule has 2 aromatic carbocycles. The van der Waals surface area contributed by atoms with E-state index in [1.165, 1.54) is 11.3 Å². The van der Waals surface area contributed by atoms with Crippen LogP contribution in [-0.4, -0.2) is 14.7 Å². The predicted octanol–water partition coefficient (Wildman–Crippen LogP) is 5.95. The van der Waals surface area contributed by atoms with Crippen LogP contribution in [0, 0.1) is 0 Å². The van der Waals surface area contributed by atoms with E-state index >= 15 is 0 Å². The summed E-state index contributed by atoms with van der Waals surface area (Å²) in [6.45, 7) is 4.06. The fourth-order valence-electron chi connectivity index (χ4n) is 2.85. The van der Waals surface area contributed by atoms with Crippen LogP contribution in [0.3, 0.4) is 0 Å². The first-order chi connectivity index (χ1) is 11.6. The maximum atomic E-state index is 10.6. The van der Waals surface area contributed by atoms with Crippen LogP contribution >= 0.6 is 11.3 Å². The molecule has 120 valence electrons. The average Bonchev–Trinajstić information content (AvgIpc) is 3.10. The molecule has 0 aliphatic heterocycles. The summed E-state index contributed by atoms with van der Waals surface area (Å²) in [5, 5.41) is 20.6. The van der Waals surface area contributed by atoms with Crippen LogP contribution in [0.1, 0.15) is 19.9 Å². The molecule has 0 aliphatic rings. The molecule has 0 unspecified atom stereocenters. The number of thiazole rings is 1. The maximum Gasteiger partial charge on any atom is 0.231 e. The van der Waals surface area contributed by atoms with Crippen molar-refractivity contribution in [2.24, 2.45) is 10.2 Å². The lowest BCUT2D eigenvalue weighted by Crippen LogP contribution is -1.98. The smallest absolute Gasteiger partial charge is 0.231 e. The highest BCUT2D eigenvalue weighted by molar-refractivity contribution is 7.21. The Morgan fingerprint density at radius 2 is 1.79 bits per heavy atom. The third kappa shape index (κ3) is 2.35. The van der Waals surface area contributed by atoms with Crippen molar-refractivity contribution in [3.63, 3.8) is 0 Å². The molecule has 0 amide bonds. The van der Waals surface area contributed by atoms with Gasteiger partial charge in [-0.25, -0.2) is 4.98 Å². The molecule has 0 bridgehead atoms. The predicted molar refractivity (Wildman–Crippen MR) is 97.8 cm³/mol. The van der Waals surface area contributed by atoms with Gasteiger partial charge in [0.1, 0.15) is 0 Å². The minimum Gasteiger partial charge on any atom is -0.493 e. The molecule has 2 heterocycles. The lowest BCUT2D eigenvalue weighted by molar-refractivity contribution is 0.407. The van der Waals surface area contributed by atoms with Crippen molar-refractivity contribution in [1.82, 2.24) is 9.55 Å². The van der Waals surface area contributed by atoms with E-state index < -0.39 is 0 Å². The number of para-hydroxylation sites is 2. The van der Waals surface area contributed by atoms with E-state index in [4.69, 9.17) is 0 Å². The van der Waals surface area contributed by atoms with Gasteiger partial charge in [-0.3, -0.25) is 0 Å². The molecule has 0 aliphatic carbocycles. The molecule has 0 radical (unpaired) electrons. The second-order valence-electron chi connectivity index (χ2n) is 5.82. The zero-order chi connectivity index (χ0) is 16.7. The van der Waals surface area contributed by atoms with Crippen molar-refractivity contribution in [2.45, 2.75) is 19.9 Å². The normalized spacial score (nSPS) is 12.1. The summed E-state index contributed by atoms with van der Waals surface area (Å²) in [4.78, 5) is 4.45. The molecule has 4 rings (SSSR count). The third-order valence-corrected chi connectivity index (χ3v) is 4.81. The van der Waals surface area contributed by atoms with Gasteiger partial charge in [-0.1, -0.05) is 41.7 Å². The Bertz CT molecular complexity index is 1030. The molecule has 0 atom stereocenters. The summed E-state index contributed by atoms with van der Waals surface area (Å²) >= 11 is 1.48. The van der Waals surface area contributed by atoms with Crippen LogP contribution < -0.4 is 0 Å². The van der Waals surface area contributed by atoms with Gasteiger partial charge < -0.3 is 9.67 Å². The van der Waals surface area contributed by atoms with E-state index in [9.17, 15) is 5.11 Å². The van der Waals surface area contributed by atoms with Gasteiger partial charge in [-0.2, -0.15) is 0 Å². The number of hydrogen-bond donors (Lipinski definition) is 1. The third-order valence-electron chi connectivity index (χ3n) is 3.89. The SMILES string of the molecule is CC(C)n1c(O)c(N=Nc2nc3ccccc3s2)c2ccccc21. The molecule has 0 saturated heterocycles. The Labute approximate surface area is 142 Å². The highest BCUT2D eigenvalue weighted by Gasteiger charge is 2.18. The van der Waals surface area contributed by atoms with Gasteiger partial charge in [0.15, 0.2) is 5.69 Å². The van der Waals surface area contributed by atoms with E-state index in [1.807, 2.05) is 66.9 Å². The summed E-state index contributed by atoms with van der Waals surface area (Å²) in [5.74, 6) is 0.135. The first-order valence-electron chi connectivity index (χ1n) is 7.74. The number of aromatic nitrogens is 2. The van der Waals surface area contributed by atoms with E-state index in [2.05, 4.69) is 15.2 Å². The second kappa shape index (κ2) is 5.72. The maximum absolute atomic E-state index is 10.6. The Hall–Kier alpha value is -2.73. The first-order valence-corrected chi connectivity index (χ1v) is 8.56. The Morgan fingerprint density at radius 1 is 1.04 bits per heavy atom. The van der Waals surface area contributed by atoms with E-state index in [0.29, 0.717) is 10.8 Å². The fourth-order valence-corrected chi connectivity index (χ4v) is 3.64. The van der Waals surface area contributed by atoms with Gasteiger partial charge in [0, 0.05) is 11.4 Å². The zero-order valence-electron chi connectivity index (χ0n) is 13.3. The Morgan fingerprint density at radius 3 is 2.58 bits per heavy atom. The number of azo groups is 1. The van der Waals surface area contributed by atoms with Gasteiger partial charge in [-0.05, 0) is 32.0 Å². The molecular formula is C18H16N4OS. The molecule has 0 fully saturated rings. The summed E-state index contributed by atoms with van der Waals surface area (Å²) in [5.41, 5.74) is 2.34. The summed E-state index contributed by atoms with van der Waals surface area (Å²) in [7, 11) is 0. The number of hydrogen-bond acceptors (Lipinski definition) is 5. The summed E-state index contributed by atoms with van der Waals surface area (Å²) in [6, 6.07) is 15.8. The second-order valence-corrected chi connectivity index (χ2v) is 6.83. The van der Waals surface area contributed by atoms with Crippen LogP contribution in [0.25, 0.3) is 21.1 Å². The molecule has 24 heavy (non-hydrogen) atoms. The van der Waals surface area contributed by atoms with Crippen molar-refractivity contribution in [3.05, 3.63) is 48.5 Å². The van der Waals surface area contributed by atoms with Crippen LogP contribution in [0.15, 0.2) is 58.8 Å². The number of fused-ring (bicyclic) bond motifs is 2. The van der Waals surface area contributed by atoms with Gasteiger partial charge in [0.25, 0.3) is 0 Å². The molecule has 0 saturated carbocycles. The van der Waals surface area contributed by atoms with Crippen molar-refractivity contribution < 1.29 is 5.11 Å². The van der Waals surface area contributed by atoms with Crippen LogP contribution in [0.5, 0.6) is 5.88 Å². The molecule has 1 N–H and O–H groups in total. The highest BCUT2D eigenvalue weighted by atomic mass is 32.1. The van der Waals surface area contributed by atoms with Gasteiger partial charge >= 0.3 is 0 Å². The monoisotopic (exact) mass is 336 g/mol. The van der Waals surface area contributed by atoms with Crippen molar-refractivity contribution in [1.29, 1.82) is 0 Å². The number of aromatic hydroxyl groups is 1. The Kier molecular flexibility index (Phi) is 3.54. The highest BCUT2D eigenvalue weighted by Crippen LogP contribution is 2.41. The minimum atomic E-state index is 0.126. The number of benzene rings is 2. The Balaban J connectivity index is 1.83. The molecule has 0 spiro atoms. The van der Waals surface area contributed by atoms with Crippen molar-refractivity contribution >= 4 is 43.3 Å². The molecular weight excluding hydrogens is 320 g/mol. The van der Waals surface area contributed by atoms with Crippen molar-refractivity contribution in [2.75, 3.05) is 0 Å². The lowest BCUT2D eigenvalue weighted by Gasteiger charge is -2.10. The largest absolute Gasteiger partial charge is 0.493 e. The quantitative estimate of drug-likeness (QED) is 0.470. The number of rotatable bonds is 3. The average molecular weight is 336 g/mol. The first kappa shape index (κ1) is 14.8. The standard InChI is InChI=1S/C18H16N4OS/c1-11(2)22-14-9-5-3-7-12(14)16(17(22)23)20-21-18-19-13-8-4-6-10-15(13)24-18/h3-11,23H,1-2H3. The zero-order valence-corrected chi connectivity index (χ0v) is 14.2. The van der Waals surface area contributed by atoms with Crippen molar-refractivity contribution in [3.8, 4) is 5.88 Å². The van der Waals surface area contributed by atoms with Gasteiger partial charge in [0.2, 0.25) is 11.0 Å². The minimum absolute atomic E-state index is 0.126. The van der Waals surface area contributed by atoms with E-state index in [-0.39, 0.29) is 11.9 Å². The lowest BCUT2D eigenvalue weighted by atomic mass is 10.2. The molecule has 5 nitrogen and oxygen atoms in total. The van der Waals surface area contributed by atoms with Crippen LogP contribution in [-0.2, 0) is 0 Å². The summed E-state index contributed by atoms with van der Waals surface area (Å²) < 4.78 is 2.93. The van der Waals surface area contributed by atoms with E-state index in [0.717, 1.165) is 21.1 Å². The topological polar surface area (TPSA) is 62.8 Å². The molecule has 4 aromatic rings. The fraction of sp³-hybridized carbons (Fsp3) is 0.167. The van der Waals surface area contributed by atoms with Gasteiger partial charge in [0.05, 0.1) is 15.7 Å². The number of nitrogens with zero attached hydrogens (tertiary/aromatic N) is 4.